The van der Waals surface area contributed by atoms with Crippen LogP contribution in [0.1, 0.15) is 24.0 Å². The summed E-state index contributed by atoms with van der Waals surface area (Å²) in [7, 11) is 1.75. The summed E-state index contributed by atoms with van der Waals surface area (Å²) < 4.78 is 5.66. The summed E-state index contributed by atoms with van der Waals surface area (Å²) in [5.41, 5.74) is 2.27. The zero-order valence-corrected chi connectivity index (χ0v) is 12.8. The van der Waals surface area contributed by atoms with E-state index in [1.807, 2.05) is 32.0 Å². The van der Waals surface area contributed by atoms with Crippen LogP contribution in [0, 0.1) is 13.8 Å². The van der Waals surface area contributed by atoms with Crippen LogP contribution >= 0.6 is 0 Å². The molecule has 0 spiro atoms. The number of likely N-dealkylation sites (tertiary alicyclic amines) is 1. The standard InChI is InChI=1S/C16H22N2O3/c1-11-5-4-6-14(12(11)2)21-8-7-15(19)17-13-9-16(20)18(3)10-13/h4-6,13H,7-10H2,1-3H3,(H,17,19)/t13-/m0/s1. The van der Waals surface area contributed by atoms with Gasteiger partial charge in [-0.05, 0) is 31.0 Å². The normalized spacial score (nSPS) is 18.0. The average Bonchev–Trinajstić information content (AvgIpc) is 2.73. The summed E-state index contributed by atoms with van der Waals surface area (Å²) in [6.07, 6.45) is 0.682. The van der Waals surface area contributed by atoms with Crippen molar-refractivity contribution in [3.63, 3.8) is 0 Å². The highest BCUT2D eigenvalue weighted by Crippen LogP contribution is 2.20. The topological polar surface area (TPSA) is 58.6 Å². The van der Waals surface area contributed by atoms with Crippen LogP contribution in [-0.4, -0.2) is 43.0 Å². The van der Waals surface area contributed by atoms with Gasteiger partial charge in [-0.3, -0.25) is 9.59 Å². The first-order valence-electron chi connectivity index (χ1n) is 7.19. The van der Waals surface area contributed by atoms with Crippen LogP contribution in [0.25, 0.3) is 0 Å². The Morgan fingerprint density at radius 1 is 1.43 bits per heavy atom. The van der Waals surface area contributed by atoms with E-state index >= 15 is 0 Å². The molecule has 1 aromatic carbocycles. The van der Waals surface area contributed by atoms with Crippen molar-refractivity contribution in [2.75, 3.05) is 20.2 Å². The maximum absolute atomic E-state index is 11.8. The number of carbonyl (C=O) groups is 2. The fourth-order valence-corrected chi connectivity index (χ4v) is 2.39. The van der Waals surface area contributed by atoms with Gasteiger partial charge in [0.1, 0.15) is 5.75 Å². The highest BCUT2D eigenvalue weighted by atomic mass is 16.5. The Morgan fingerprint density at radius 3 is 2.86 bits per heavy atom. The zero-order chi connectivity index (χ0) is 15.4. The number of likely N-dealkylation sites (N-methyl/N-ethyl adjacent to an activating group) is 1. The minimum Gasteiger partial charge on any atom is -0.493 e. The third-order valence-electron chi connectivity index (χ3n) is 3.85. The Balaban J connectivity index is 1.75. The van der Waals surface area contributed by atoms with Gasteiger partial charge in [0.25, 0.3) is 0 Å². The van der Waals surface area contributed by atoms with Gasteiger partial charge in [-0.25, -0.2) is 0 Å². The maximum atomic E-state index is 11.8. The summed E-state index contributed by atoms with van der Waals surface area (Å²) >= 11 is 0. The fourth-order valence-electron chi connectivity index (χ4n) is 2.39. The predicted octanol–water partition coefficient (Wildman–Crippen LogP) is 1.42. The van der Waals surface area contributed by atoms with Crippen LogP contribution in [0.5, 0.6) is 5.75 Å². The average molecular weight is 290 g/mol. The number of hydrogen-bond acceptors (Lipinski definition) is 3. The Bertz CT molecular complexity index is 542. The largest absolute Gasteiger partial charge is 0.493 e. The minimum atomic E-state index is -0.0755. The van der Waals surface area contributed by atoms with Gasteiger partial charge < -0.3 is 15.0 Å². The van der Waals surface area contributed by atoms with Crippen molar-refractivity contribution in [3.8, 4) is 5.75 Å². The van der Waals surface area contributed by atoms with Crippen LogP contribution in [0.2, 0.25) is 0 Å². The molecule has 0 unspecified atom stereocenters. The van der Waals surface area contributed by atoms with Gasteiger partial charge in [-0.15, -0.1) is 0 Å². The minimum absolute atomic E-state index is 0.0734. The first-order chi connectivity index (χ1) is 9.97. The molecule has 2 amide bonds. The SMILES string of the molecule is Cc1cccc(OCCC(=O)N[C@H]2CC(=O)N(C)C2)c1C. The molecule has 5 heteroatoms. The molecule has 1 fully saturated rings. The molecule has 1 N–H and O–H groups in total. The number of nitrogens with zero attached hydrogens (tertiary/aromatic N) is 1. The Kier molecular flexibility index (Phi) is 4.83. The van der Waals surface area contributed by atoms with Crippen LogP contribution in [0.3, 0.4) is 0 Å². The van der Waals surface area contributed by atoms with Gasteiger partial charge in [-0.2, -0.15) is 0 Å². The number of aryl methyl sites for hydroxylation is 1. The molecule has 1 atom stereocenters. The highest BCUT2D eigenvalue weighted by Gasteiger charge is 2.27. The molecule has 1 aromatic rings. The van der Waals surface area contributed by atoms with Crippen molar-refractivity contribution >= 4 is 11.8 Å². The fraction of sp³-hybridized carbons (Fsp3) is 0.500. The number of benzene rings is 1. The number of rotatable bonds is 5. The molecule has 1 heterocycles. The van der Waals surface area contributed by atoms with Crippen LogP contribution in [-0.2, 0) is 9.59 Å². The molecule has 5 nitrogen and oxygen atoms in total. The molecular formula is C16H22N2O3. The van der Waals surface area contributed by atoms with Crippen molar-refractivity contribution in [1.29, 1.82) is 0 Å². The molecule has 0 aromatic heterocycles. The number of amides is 2. The summed E-state index contributed by atoms with van der Waals surface area (Å²) in [6.45, 7) is 4.96. The van der Waals surface area contributed by atoms with Gasteiger partial charge in [0.15, 0.2) is 0 Å². The van der Waals surface area contributed by atoms with Crippen LogP contribution in [0.4, 0.5) is 0 Å². The van der Waals surface area contributed by atoms with Crippen LogP contribution < -0.4 is 10.1 Å². The van der Waals surface area contributed by atoms with Gasteiger partial charge in [-0.1, -0.05) is 12.1 Å². The number of carbonyl (C=O) groups excluding carboxylic acids is 2. The van der Waals surface area contributed by atoms with Crippen molar-refractivity contribution in [2.24, 2.45) is 0 Å². The smallest absolute Gasteiger partial charge is 0.224 e. The summed E-state index contributed by atoms with van der Waals surface area (Å²) in [4.78, 5) is 24.9. The molecule has 0 saturated carbocycles. The van der Waals surface area contributed by atoms with E-state index in [2.05, 4.69) is 5.32 Å². The zero-order valence-electron chi connectivity index (χ0n) is 12.8. The Labute approximate surface area is 125 Å². The first kappa shape index (κ1) is 15.4. The second kappa shape index (κ2) is 6.61. The quantitative estimate of drug-likeness (QED) is 0.892. The molecule has 114 valence electrons. The molecule has 1 saturated heterocycles. The summed E-state index contributed by atoms with van der Waals surface area (Å²) in [6, 6.07) is 5.81. The molecule has 0 aliphatic carbocycles. The molecule has 1 aliphatic heterocycles. The number of ether oxygens (including phenoxy) is 1. The van der Waals surface area contributed by atoms with Crippen molar-refractivity contribution in [3.05, 3.63) is 29.3 Å². The molecule has 0 radical (unpaired) electrons. The molecule has 2 rings (SSSR count). The molecule has 0 bridgehead atoms. The monoisotopic (exact) mass is 290 g/mol. The van der Waals surface area contributed by atoms with E-state index in [1.165, 1.54) is 5.56 Å². The Hall–Kier alpha value is -2.04. The van der Waals surface area contributed by atoms with Gasteiger partial charge in [0.05, 0.1) is 19.1 Å². The maximum Gasteiger partial charge on any atom is 0.224 e. The van der Waals surface area contributed by atoms with Crippen molar-refractivity contribution < 1.29 is 14.3 Å². The molecule has 21 heavy (non-hydrogen) atoms. The third-order valence-corrected chi connectivity index (χ3v) is 3.85. The third kappa shape index (κ3) is 3.97. The van der Waals surface area contributed by atoms with Crippen LogP contribution in [0.15, 0.2) is 18.2 Å². The van der Waals surface area contributed by atoms with Gasteiger partial charge >= 0.3 is 0 Å². The number of hydrogen-bond donors (Lipinski definition) is 1. The van der Waals surface area contributed by atoms with E-state index in [4.69, 9.17) is 4.74 Å². The van der Waals surface area contributed by atoms with E-state index in [0.717, 1.165) is 11.3 Å². The van der Waals surface area contributed by atoms with Gasteiger partial charge in [0, 0.05) is 20.0 Å². The highest BCUT2D eigenvalue weighted by molar-refractivity contribution is 5.82. The lowest BCUT2D eigenvalue weighted by molar-refractivity contribution is -0.126. The summed E-state index contributed by atoms with van der Waals surface area (Å²) in [5.74, 6) is 0.818. The molecular weight excluding hydrogens is 268 g/mol. The van der Waals surface area contributed by atoms with Gasteiger partial charge in [0.2, 0.25) is 11.8 Å². The van der Waals surface area contributed by atoms with E-state index in [1.54, 1.807) is 11.9 Å². The lowest BCUT2D eigenvalue weighted by atomic mass is 10.1. The molecule has 1 aliphatic rings. The van der Waals surface area contributed by atoms with E-state index < -0.39 is 0 Å². The number of nitrogens with one attached hydrogen (secondary N) is 1. The van der Waals surface area contributed by atoms with Crippen molar-refractivity contribution in [2.45, 2.75) is 32.7 Å². The summed E-state index contributed by atoms with van der Waals surface area (Å²) in [5, 5.41) is 2.87. The van der Waals surface area contributed by atoms with Crippen molar-refractivity contribution in [1.82, 2.24) is 10.2 Å². The second-order valence-electron chi connectivity index (χ2n) is 5.54. The van der Waals surface area contributed by atoms with E-state index in [9.17, 15) is 9.59 Å². The lowest BCUT2D eigenvalue weighted by Crippen LogP contribution is -2.37. The second-order valence-corrected chi connectivity index (χ2v) is 5.54. The van der Waals surface area contributed by atoms with E-state index in [0.29, 0.717) is 26.0 Å². The van der Waals surface area contributed by atoms with E-state index in [-0.39, 0.29) is 17.9 Å². The Morgan fingerprint density at radius 2 is 2.19 bits per heavy atom. The first-order valence-corrected chi connectivity index (χ1v) is 7.19. The predicted molar refractivity (Wildman–Crippen MR) is 80.2 cm³/mol. The lowest BCUT2D eigenvalue weighted by Gasteiger charge is -2.13.